The van der Waals surface area contributed by atoms with Gasteiger partial charge < -0.3 is 0 Å². The summed E-state index contributed by atoms with van der Waals surface area (Å²) in [5, 5.41) is 0. The second kappa shape index (κ2) is 7.33. The SMILES string of the molecule is C=C(C)C.C=C1CC(C)C2(C)C3CC=C4C=C(CC)CCC4(C)C3CCC12C. The van der Waals surface area contributed by atoms with E-state index < -0.39 is 0 Å². The van der Waals surface area contributed by atoms with Gasteiger partial charge in [-0.15, -0.1) is 6.58 Å². The summed E-state index contributed by atoms with van der Waals surface area (Å²) in [6.07, 6.45) is 14.5. The van der Waals surface area contributed by atoms with Crippen LogP contribution in [0.5, 0.6) is 0 Å². The normalized spacial score (nSPS) is 44.2. The molecule has 0 N–H and O–H groups in total. The number of hydrogen-bond acceptors (Lipinski definition) is 0. The Morgan fingerprint density at radius 2 is 1.79 bits per heavy atom. The second-order valence-electron chi connectivity index (χ2n) is 11.3. The van der Waals surface area contributed by atoms with Gasteiger partial charge >= 0.3 is 0 Å². The third-order valence-corrected chi connectivity index (χ3v) is 9.61. The predicted octanol–water partition coefficient (Wildman–Crippen LogP) is 8.67. The summed E-state index contributed by atoms with van der Waals surface area (Å²) in [4.78, 5) is 0. The molecule has 0 saturated heterocycles. The first kappa shape index (κ1) is 21.7. The largest absolute Gasteiger partial charge is 0.100 e. The van der Waals surface area contributed by atoms with E-state index in [4.69, 9.17) is 0 Å². The van der Waals surface area contributed by atoms with Gasteiger partial charge in [-0.05, 0) is 98.4 Å². The fraction of sp³-hybridized carbons (Fsp3) is 0.714. The van der Waals surface area contributed by atoms with E-state index in [2.05, 4.69) is 59.9 Å². The van der Waals surface area contributed by atoms with E-state index >= 15 is 0 Å². The minimum atomic E-state index is 0.369. The summed E-state index contributed by atoms with van der Waals surface area (Å²) < 4.78 is 0. The molecule has 0 nitrogen and oxygen atoms in total. The molecule has 2 saturated carbocycles. The van der Waals surface area contributed by atoms with E-state index in [1.54, 1.807) is 16.7 Å². The van der Waals surface area contributed by atoms with Crippen LogP contribution in [-0.4, -0.2) is 0 Å². The number of allylic oxidation sites excluding steroid dienone is 6. The molecular formula is C28H44. The molecule has 0 aromatic heterocycles. The van der Waals surface area contributed by atoms with Gasteiger partial charge in [-0.3, -0.25) is 0 Å². The van der Waals surface area contributed by atoms with Crippen molar-refractivity contribution in [3.05, 3.63) is 47.6 Å². The van der Waals surface area contributed by atoms with Gasteiger partial charge in [0.2, 0.25) is 0 Å². The van der Waals surface area contributed by atoms with Gasteiger partial charge in [-0.25, -0.2) is 0 Å². The zero-order valence-electron chi connectivity index (χ0n) is 19.8. The maximum absolute atomic E-state index is 4.54. The van der Waals surface area contributed by atoms with Crippen molar-refractivity contribution in [2.24, 2.45) is 34.0 Å². The summed E-state index contributed by atoms with van der Waals surface area (Å²) in [5.41, 5.74) is 7.30. The van der Waals surface area contributed by atoms with Crippen LogP contribution in [0.25, 0.3) is 0 Å². The fourth-order valence-corrected chi connectivity index (χ4v) is 7.43. The second-order valence-corrected chi connectivity index (χ2v) is 11.3. The Balaban J connectivity index is 0.000000516. The molecule has 6 unspecified atom stereocenters. The first-order valence-electron chi connectivity index (χ1n) is 11.7. The number of hydrogen-bond donors (Lipinski definition) is 0. The van der Waals surface area contributed by atoms with Crippen molar-refractivity contribution < 1.29 is 0 Å². The van der Waals surface area contributed by atoms with E-state index in [1.807, 2.05) is 13.8 Å². The summed E-state index contributed by atoms with van der Waals surface area (Å²) in [6.45, 7) is 24.6. The summed E-state index contributed by atoms with van der Waals surface area (Å²) in [6, 6.07) is 0. The van der Waals surface area contributed by atoms with Crippen LogP contribution in [0.15, 0.2) is 47.6 Å². The Labute approximate surface area is 175 Å². The van der Waals surface area contributed by atoms with Gasteiger partial charge in [0, 0.05) is 0 Å². The van der Waals surface area contributed by atoms with Crippen molar-refractivity contribution in [3.63, 3.8) is 0 Å². The van der Waals surface area contributed by atoms with Gasteiger partial charge in [-0.2, -0.15) is 0 Å². The zero-order valence-corrected chi connectivity index (χ0v) is 19.8. The molecule has 4 aliphatic carbocycles. The quantitative estimate of drug-likeness (QED) is 0.399. The van der Waals surface area contributed by atoms with Crippen LogP contribution in [0.2, 0.25) is 0 Å². The number of rotatable bonds is 1. The highest BCUT2D eigenvalue weighted by Gasteiger charge is 2.64. The van der Waals surface area contributed by atoms with Gasteiger partial charge in [-0.1, -0.05) is 70.1 Å². The molecule has 0 aromatic rings. The van der Waals surface area contributed by atoms with Gasteiger partial charge in [0.15, 0.2) is 0 Å². The Kier molecular flexibility index (Phi) is 5.67. The van der Waals surface area contributed by atoms with Crippen molar-refractivity contribution in [3.8, 4) is 0 Å². The topological polar surface area (TPSA) is 0 Å². The van der Waals surface area contributed by atoms with Crippen LogP contribution in [0, 0.1) is 34.0 Å². The summed E-state index contributed by atoms with van der Waals surface area (Å²) >= 11 is 0. The van der Waals surface area contributed by atoms with E-state index in [0.29, 0.717) is 16.2 Å². The molecule has 6 atom stereocenters. The summed E-state index contributed by atoms with van der Waals surface area (Å²) in [5.74, 6) is 2.50. The molecule has 156 valence electrons. The Morgan fingerprint density at radius 1 is 1.14 bits per heavy atom. The van der Waals surface area contributed by atoms with Crippen molar-refractivity contribution in [2.45, 2.75) is 93.4 Å². The van der Waals surface area contributed by atoms with Crippen LogP contribution in [0.1, 0.15) is 93.4 Å². The predicted molar refractivity (Wildman–Crippen MR) is 124 cm³/mol. The van der Waals surface area contributed by atoms with Crippen LogP contribution in [0.4, 0.5) is 0 Å². The van der Waals surface area contributed by atoms with Crippen molar-refractivity contribution >= 4 is 0 Å². The van der Waals surface area contributed by atoms with E-state index in [0.717, 1.165) is 17.8 Å². The molecule has 4 aliphatic rings. The highest BCUT2D eigenvalue weighted by atomic mass is 14.7. The van der Waals surface area contributed by atoms with Crippen LogP contribution in [0.3, 0.4) is 0 Å². The fourth-order valence-electron chi connectivity index (χ4n) is 7.43. The van der Waals surface area contributed by atoms with Gasteiger partial charge in [0.25, 0.3) is 0 Å². The van der Waals surface area contributed by atoms with Crippen molar-refractivity contribution in [2.75, 3.05) is 0 Å². The Hall–Kier alpha value is -1.04. The lowest BCUT2D eigenvalue weighted by atomic mass is 9.42. The molecular weight excluding hydrogens is 336 g/mol. The lowest BCUT2D eigenvalue weighted by Crippen LogP contribution is -2.55. The Morgan fingerprint density at radius 3 is 2.39 bits per heavy atom. The van der Waals surface area contributed by atoms with Gasteiger partial charge in [0.05, 0.1) is 0 Å². The molecule has 0 aromatic carbocycles. The molecule has 0 amide bonds. The third-order valence-electron chi connectivity index (χ3n) is 9.61. The van der Waals surface area contributed by atoms with Crippen molar-refractivity contribution in [1.29, 1.82) is 0 Å². The van der Waals surface area contributed by atoms with E-state index in [1.165, 1.54) is 50.5 Å². The number of fused-ring (bicyclic) bond motifs is 5. The van der Waals surface area contributed by atoms with E-state index in [9.17, 15) is 0 Å². The van der Waals surface area contributed by atoms with Gasteiger partial charge in [0.1, 0.15) is 0 Å². The van der Waals surface area contributed by atoms with Crippen LogP contribution < -0.4 is 0 Å². The molecule has 28 heavy (non-hydrogen) atoms. The molecule has 0 bridgehead atoms. The van der Waals surface area contributed by atoms with Crippen LogP contribution >= 0.6 is 0 Å². The maximum Gasteiger partial charge on any atom is -0.00442 e. The molecule has 0 radical (unpaired) electrons. The summed E-state index contributed by atoms with van der Waals surface area (Å²) in [7, 11) is 0. The average Bonchev–Trinajstić information content (AvgIpc) is 2.80. The molecule has 2 fully saturated rings. The molecule has 0 heteroatoms. The Bertz CT molecular complexity index is 714. The third kappa shape index (κ3) is 3.01. The highest BCUT2D eigenvalue weighted by Crippen LogP contribution is 2.72. The zero-order chi connectivity index (χ0) is 20.9. The first-order chi connectivity index (χ1) is 13.0. The lowest BCUT2D eigenvalue weighted by molar-refractivity contribution is -0.0934. The first-order valence-corrected chi connectivity index (χ1v) is 11.7. The maximum atomic E-state index is 4.54. The highest BCUT2D eigenvalue weighted by molar-refractivity contribution is 5.39. The molecule has 0 heterocycles. The molecule has 4 rings (SSSR count). The molecule has 0 aliphatic heterocycles. The lowest BCUT2D eigenvalue weighted by Gasteiger charge is -2.62. The minimum Gasteiger partial charge on any atom is -0.100 e. The van der Waals surface area contributed by atoms with Crippen LogP contribution in [-0.2, 0) is 0 Å². The van der Waals surface area contributed by atoms with Crippen molar-refractivity contribution in [1.82, 2.24) is 0 Å². The average molecular weight is 381 g/mol. The monoisotopic (exact) mass is 380 g/mol. The standard InChI is InChI=1S/C24H36.C4H8/c1-7-18-10-12-22(4)19(15-18)8-9-21-20(22)11-13-23(5)16(2)14-17(3)24(21,23)6;1-4(2)3/h8,15,17,20-21H,2,7,9-14H2,1,3-6H3;1H2,2-3H3. The minimum absolute atomic E-state index is 0.369. The molecule has 0 spiro atoms. The smallest absolute Gasteiger partial charge is 0.00442 e. The van der Waals surface area contributed by atoms with E-state index in [-0.39, 0.29) is 0 Å².